The molecule has 94 valence electrons. The van der Waals surface area contributed by atoms with Crippen molar-refractivity contribution in [2.75, 3.05) is 6.61 Å². The van der Waals surface area contributed by atoms with Crippen molar-refractivity contribution >= 4 is 5.91 Å². The molecule has 4 N–H and O–H groups in total. The van der Waals surface area contributed by atoms with Gasteiger partial charge < -0.3 is 16.2 Å². The summed E-state index contributed by atoms with van der Waals surface area (Å²) in [6.07, 6.45) is 6.68. The number of amides is 1. The van der Waals surface area contributed by atoms with E-state index in [1.807, 2.05) is 6.92 Å². The van der Waals surface area contributed by atoms with Gasteiger partial charge in [0, 0.05) is 0 Å². The molecule has 16 heavy (non-hydrogen) atoms. The average Bonchev–Trinajstić information content (AvgIpc) is 2.30. The normalized spacial score (nSPS) is 21.4. The van der Waals surface area contributed by atoms with E-state index >= 15 is 0 Å². The third-order valence-corrected chi connectivity index (χ3v) is 3.44. The van der Waals surface area contributed by atoms with Crippen molar-refractivity contribution in [1.82, 2.24) is 5.32 Å². The second-order valence-corrected chi connectivity index (χ2v) is 4.88. The van der Waals surface area contributed by atoms with Crippen molar-refractivity contribution < 1.29 is 9.90 Å². The van der Waals surface area contributed by atoms with Crippen molar-refractivity contribution in [2.45, 2.75) is 63.5 Å². The van der Waals surface area contributed by atoms with Gasteiger partial charge in [0.1, 0.15) is 0 Å². The third kappa shape index (κ3) is 3.46. The van der Waals surface area contributed by atoms with E-state index in [1.165, 1.54) is 6.42 Å². The third-order valence-electron chi connectivity index (χ3n) is 3.44. The largest absolute Gasteiger partial charge is 0.394 e. The number of hydrogen-bond donors (Lipinski definition) is 3. The molecule has 1 fully saturated rings. The number of aliphatic hydroxyl groups excluding tert-OH is 1. The zero-order chi connectivity index (χ0) is 12.0. The summed E-state index contributed by atoms with van der Waals surface area (Å²) in [5, 5.41) is 12.4. The Morgan fingerprint density at radius 1 is 1.44 bits per heavy atom. The summed E-state index contributed by atoms with van der Waals surface area (Å²) in [4.78, 5) is 11.8. The molecule has 0 heterocycles. The lowest BCUT2D eigenvalue weighted by atomic mass is 9.82. The van der Waals surface area contributed by atoms with E-state index in [0.717, 1.165) is 32.1 Å². The minimum Gasteiger partial charge on any atom is -0.394 e. The van der Waals surface area contributed by atoms with Crippen LogP contribution in [0.15, 0.2) is 0 Å². The van der Waals surface area contributed by atoms with Gasteiger partial charge in [-0.2, -0.15) is 0 Å². The van der Waals surface area contributed by atoms with E-state index in [-0.39, 0.29) is 12.5 Å². The Morgan fingerprint density at radius 2 is 2.06 bits per heavy atom. The number of hydrogen-bond acceptors (Lipinski definition) is 3. The monoisotopic (exact) mass is 228 g/mol. The van der Waals surface area contributed by atoms with E-state index in [0.29, 0.717) is 6.42 Å². The summed E-state index contributed by atoms with van der Waals surface area (Å²) in [7, 11) is 0. The second-order valence-electron chi connectivity index (χ2n) is 4.88. The van der Waals surface area contributed by atoms with Crippen LogP contribution in [-0.2, 0) is 4.79 Å². The topological polar surface area (TPSA) is 75.4 Å². The maximum Gasteiger partial charge on any atom is 0.237 e. The molecule has 0 aromatic carbocycles. The molecule has 0 saturated heterocycles. The molecule has 1 saturated carbocycles. The molecule has 1 rings (SSSR count). The highest BCUT2D eigenvalue weighted by Crippen LogP contribution is 2.27. The average molecular weight is 228 g/mol. The quantitative estimate of drug-likeness (QED) is 0.655. The highest BCUT2D eigenvalue weighted by Gasteiger charge is 2.33. The minimum absolute atomic E-state index is 0.0254. The Kier molecular flexibility index (Phi) is 5.22. The van der Waals surface area contributed by atoms with Crippen LogP contribution in [0, 0.1) is 0 Å². The van der Waals surface area contributed by atoms with Crippen LogP contribution in [0.5, 0.6) is 0 Å². The smallest absolute Gasteiger partial charge is 0.237 e. The highest BCUT2D eigenvalue weighted by molar-refractivity contribution is 5.82. The molecular formula is C12H24N2O2. The first kappa shape index (κ1) is 13.5. The van der Waals surface area contributed by atoms with Crippen LogP contribution in [-0.4, -0.2) is 29.2 Å². The second kappa shape index (κ2) is 6.21. The molecule has 1 aliphatic carbocycles. The Labute approximate surface area is 97.6 Å². The van der Waals surface area contributed by atoms with Crippen LogP contribution in [0.1, 0.15) is 51.9 Å². The van der Waals surface area contributed by atoms with E-state index in [4.69, 9.17) is 5.73 Å². The fourth-order valence-electron chi connectivity index (χ4n) is 2.35. The summed E-state index contributed by atoms with van der Waals surface area (Å²) in [5.74, 6) is -0.113. The van der Waals surface area contributed by atoms with E-state index in [1.54, 1.807) is 0 Å². The highest BCUT2D eigenvalue weighted by atomic mass is 16.3. The number of carbonyl (C=O) groups is 1. The molecule has 0 spiro atoms. The minimum atomic E-state index is -0.435. The lowest BCUT2D eigenvalue weighted by molar-refractivity contribution is -0.125. The summed E-state index contributed by atoms with van der Waals surface area (Å²) >= 11 is 0. The molecule has 4 heteroatoms. The van der Waals surface area contributed by atoms with Crippen molar-refractivity contribution in [3.05, 3.63) is 0 Å². The van der Waals surface area contributed by atoms with Gasteiger partial charge in [0.05, 0.1) is 18.2 Å². The first-order chi connectivity index (χ1) is 7.63. The van der Waals surface area contributed by atoms with Gasteiger partial charge in [-0.05, 0) is 19.3 Å². The molecule has 1 amide bonds. The van der Waals surface area contributed by atoms with E-state index in [9.17, 15) is 9.90 Å². The Bertz CT molecular complexity index is 225. The van der Waals surface area contributed by atoms with Gasteiger partial charge in [0.15, 0.2) is 0 Å². The fourth-order valence-corrected chi connectivity index (χ4v) is 2.35. The van der Waals surface area contributed by atoms with Crippen LogP contribution >= 0.6 is 0 Å². The van der Waals surface area contributed by atoms with Crippen molar-refractivity contribution in [1.29, 1.82) is 0 Å². The number of nitrogens with one attached hydrogen (secondary N) is 1. The van der Waals surface area contributed by atoms with Crippen LogP contribution in [0.2, 0.25) is 0 Å². The Balaban J connectivity index is 2.51. The maximum atomic E-state index is 11.8. The van der Waals surface area contributed by atoms with Gasteiger partial charge in [-0.25, -0.2) is 0 Å². The maximum absolute atomic E-state index is 11.8. The molecule has 0 radical (unpaired) electrons. The molecule has 0 bridgehead atoms. The molecule has 0 aromatic rings. The van der Waals surface area contributed by atoms with Gasteiger partial charge in [0.2, 0.25) is 5.91 Å². The van der Waals surface area contributed by atoms with E-state index < -0.39 is 11.6 Å². The molecule has 4 nitrogen and oxygen atoms in total. The summed E-state index contributed by atoms with van der Waals surface area (Å²) in [5.41, 5.74) is 5.36. The molecular weight excluding hydrogens is 204 g/mol. The van der Waals surface area contributed by atoms with Gasteiger partial charge in [-0.1, -0.05) is 32.6 Å². The fraction of sp³-hybridized carbons (Fsp3) is 0.917. The predicted octanol–water partition coefficient (Wildman–Crippen LogP) is 0.925. The zero-order valence-electron chi connectivity index (χ0n) is 10.2. The summed E-state index contributed by atoms with van der Waals surface area (Å²) < 4.78 is 0. The number of rotatable bonds is 5. The SMILES string of the molecule is CCC[C@@H](N)C(=O)NC1(CO)CCCCC1. The van der Waals surface area contributed by atoms with Crippen LogP contribution in [0.3, 0.4) is 0 Å². The number of carbonyl (C=O) groups excluding carboxylic acids is 1. The standard InChI is InChI=1S/C12H24N2O2/c1-2-6-10(13)11(16)14-12(9-15)7-4-3-5-8-12/h10,15H,2-9,13H2,1H3,(H,14,16)/t10-/m1/s1. The Morgan fingerprint density at radius 3 is 2.56 bits per heavy atom. The zero-order valence-corrected chi connectivity index (χ0v) is 10.2. The van der Waals surface area contributed by atoms with Crippen molar-refractivity contribution in [2.24, 2.45) is 5.73 Å². The lowest BCUT2D eigenvalue weighted by Crippen LogP contribution is -2.56. The molecule has 1 aliphatic rings. The van der Waals surface area contributed by atoms with Gasteiger partial charge in [0.25, 0.3) is 0 Å². The lowest BCUT2D eigenvalue weighted by Gasteiger charge is -2.37. The van der Waals surface area contributed by atoms with Gasteiger partial charge in [-0.3, -0.25) is 4.79 Å². The molecule has 0 aliphatic heterocycles. The molecule has 0 unspecified atom stereocenters. The van der Waals surface area contributed by atoms with Crippen LogP contribution < -0.4 is 11.1 Å². The van der Waals surface area contributed by atoms with Crippen LogP contribution in [0.25, 0.3) is 0 Å². The molecule has 0 aromatic heterocycles. The number of aliphatic hydroxyl groups is 1. The summed E-state index contributed by atoms with van der Waals surface area (Å²) in [6.45, 7) is 2.03. The van der Waals surface area contributed by atoms with Crippen molar-refractivity contribution in [3.63, 3.8) is 0 Å². The first-order valence-corrected chi connectivity index (χ1v) is 6.32. The van der Waals surface area contributed by atoms with Crippen LogP contribution in [0.4, 0.5) is 0 Å². The van der Waals surface area contributed by atoms with Gasteiger partial charge in [-0.15, -0.1) is 0 Å². The van der Waals surface area contributed by atoms with E-state index in [2.05, 4.69) is 5.32 Å². The molecule has 1 atom stereocenters. The summed E-state index contributed by atoms with van der Waals surface area (Å²) in [6, 6.07) is -0.435. The van der Waals surface area contributed by atoms with Gasteiger partial charge >= 0.3 is 0 Å². The predicted molar refractivity (Wildman–Crippen MR) is 63.9 cm³/mol. The first-order valence-electron chi connectivity index (χ1n) is 6.32. The number of nitrogens with two attached hydrogens (primary N) is 1. The van der Waals surface area contributed by atoms with Crippen molar-refractivity contribution in [3.8, 4) is 0 Å². The Hall–Kier alpha value is -0.610.